The standard InChI is InChI=1S/C26H38O2/c1-19(2)11-10-12-20(3)15-16-24-25(27-5)17-23(18-26(24)28-6)21(4)22-13-8-7-9-14-22/h7-9,13-14,17-21H,10-12,15-16H2,1-6H3. The van der Waals surface area contributed by atoms with Crippen molar-refractivity contribution in [2.24, 2.45) is 11.8 Å². The Bertz CT molecular complexity index is 681. The molecule has 0 aliphatic heterocycles. The summed E-state index contributed by atoms with van der Waals surface area (Å²) in [4.78, 5) is 0. The van der Waals surface area contributed by atoms with Gasteiger partial charge in [-0.15, -0.1) is 0 Å². The molecule has 2 unspecified atom stereocenters. The molecule has 2 atom stereocenters. The molecule has 154 valence electrons. The Morgan fingerprint density at radius 1 is 0.750 bits per heavy atom. The molecule has 0 bridgehead atoms. The van der Waals surface area contributed by atoms with Crippen molar-refractivity contribution in [1.29, 1.82) is 0 Å². The highest BCUT2D eigenvalue weighted by molar-refractivity contribution is 5.50. The van der Waals surface area contributed by atoms with Crippen LogP contribution in [0.2, 0.25) is 0 Å². The van der Waals surface area contributed by atoms with Crippen LogP contribution in [0.25, 0.3) is 0 Å². The van der Waals surface area contributed by atoms with Gasteiger partial charge < -0.3 is 9.47 Å². The third-order valence-corrected chi connectivity index (χ3v) is 5.80. The lowest BCUT2D eigenvalue weighted by Gasteiger charge is -2.20. The molecule has 2 aromatic rings. The largest absolute Gasteiger partial charge is 0.496 e. The molecule has 0 saturated heterocycles. The molecule has 0 amide bonds. The maximum Gasteiger partial charge on any atom is 0.126 e. The maximum absolute atomic E-state index is 5.78. The fourth-order valence-electron chi connectivity index (χ4n) is 3.84. The van der Waals surface area contributed by atoms with Gasteiger partial charge in [0.2, 0.25) is 0 Å². The minimum absolute atomic E-state index is 0.299. The molecular formula is C26H38O2. The van der Waals surface area contributed by atoms with Crippen LogP contribution in [-0.4, -0.2) is 14.2 Å². The van der Waals surface area contributed by atoms with Crippen molar-refractivity contribution in [1.82, 2.24) is 0 Å². The van der Waals surface area contributed by atoms with E-state index in [2.05, 4.69) is 70.2 Å². The van der Waals surface area contributed by atoms with Gasteiger partial charge in [-0.05, 0) is 47.9 Å². The van der Waals surface area contributed by atoms with Crippen LogP contribution in [0, 0.1) is 11.8 Å². The van der Waals surface area contributed by atoms with Crippen LogP contribution >= 0.6 is 0 Å². The maximum atomic E-state index is 5.78. The first kappa shape index (κ1) is 22.3. The first-order chi connectivity index (χ1) is 13.5. The quantitative estimate of drug-likeness (QED) is 0.407. The van der Waals surface area contributed by atoms with Crippen LogP contribution in [0.15, 0.2) is 42.5 Å². The lowest BCUT2D eigenvalue weighted by Crippen LogP contribution is -2.05. The lowest BCUT2D eigenvalue weighted by molar-refractivity contribution is 0.377. The van der Waals surface area contributed by atoms with Crippen molar-refractivity contribution in [2.45, 2.75) is 65.7 Å². The second-order valence-electron chi connectivity index (χ2n) is 8.50. The van der Waals surface area contributed by atoms with Crippen LogP contribution in [0.4, 0.5) is 0 Å². The normalized spacial score (nSPS) is 13.4. The predicted octanol–water partition coefficient (Wildman–Crippen LogP) is 7.25. The number of methoxy groups -OCH3 is 2. The van der Waals surface area contributed by atoms with E-state index in [1.54, 1.807) is 14.2 Å². The van der Waals surface area contributed by atoms with Crippen molar-refractivity contribution < 1.29 is 9.47 Å². The number of benzene rings is 2. The zero-order valence-corrected chi connectivity index (χ0v) is 18.6. The zero-order chi connectivity index (χ0) is 20.5. The van der Waals surface area contributed by atoms with Gasteiger partial charge in [-0.25, -0.2) is 0 Å². The Morgan fingerprint density at radius 2 is 1.36 bits per heavy atom. The second-order valence-corrected chi connectivity index (χ2v) is 8.50. The lowest BCUT2D eigenvalue weighted by atomic mass is 9.89. The van der Waals surface area contributed by atoms with E-state index in [-0.39, 0.29) is 0 Å². The molecule has 0 aromatic heterocycles. The van der Waals surface area contributed by atoms with Crippen LogP contribution in [0.1, 0.15) is 76.0 Å². The van der Waals surface area contributed by atoms with Gasteiger partial charge in [0.05, 0.1) is 14.2 Å². The van der Waals surface area contributed by atoms with Gasteiger partial charge in [-0.2, -0.15) is 0 Å². The van der Waals surface area contributed by atoms with E-state index in [0.29, 0.717) is 5.92 Å². The molecule has 0 heterocycles. The van der Waals surface area contributed by atoms with Gasteiger partial charge in [0.1, 0.15) is 11.5 Å². The van der Waals surface area contributed by atoms with Crippen molar-refractivity contribution in [3.8, 4) is 11.5 Å². The summed E-state index contributed by atoms with van der Waals surface area (Å²) in [5, 5.41) is 0. The average Bonchev–Trinajstić information content (AvgIpc) is 2.71. The van der Waals surface area contributed by atoms with Gasteiger partial charge in [0.15, 0.2) is 0 Å². The molecule has 2 nitrogen and oxygen atoms in total. The monoisotopic (exact) mass is 382 g/mol. The molecule has 2 rings (SSSR count). The molecule has 0 fully saturated rings. The summed E-state index contributed by atoms with van der Waals surface area (Å²) in [5.74, 6) is 3.72. The van der Waals surface area contributed by atoms with Crippen LogP contribution in [0.3, 0.4) is 0 Å². The topological polar surface area (TPSA) is 18.5 Å². The molecular weight excluding hydrogens is 344 g/mol. The molecule has 28 heavy (non-hydrogen) atoms. The first-order valence-electron chi connectivity index (χ1n) is 10.8. The van der Waals surface area contributed by atoms with E-state index in [9.17, 15) is 0 Å². The van der Waals surface area contributed by atoms with Gasteiger partial charge in [0.25, 0.3) is 0 Å². The number of rotatable bonds is 11. The summed E-state index contributed by atoms with van der Waals surface area (Å²) in [6, 6.07) is 15.0. The van der Waals surface area contributed by atoms with Gasteiger partial charge in [0, 0.05) is 11.5 Å². The van der Waals surface area contributed by atoms with Crippen LogP contribution in [0.5, 0.6) is 11.5 Å². The number of hydrogen-bond acceptors (Lipinski definition) is 2. The molecule has 2 aromatic carbocycles. The Balaban J connectivity index is 2.14. The fourth-order valence-corrected chi connectivity index (χ4v) is 3.84. The molecule has 0 aliphatic rings. The summed E-state index contributed by atoms with van der Waals surface area (Å²) in [7, 11) is 3.53. The van der Waals surface area contributed by atoms with E-state index in [0.717, 1.165) is 29.8 Å². The molecule has 0 radical (unpaired) electrons. The second kappa shape index (κ2) is 11.1. The van der Waals surface area contributed by atoms with E-state index < -0.39 is 0 Å². The summed E-state index contributed by atoms with van der Waals surface area (Å²) in [6.07, 6.45) is 6.10. The number of hydrogen-bond donors (Lipinski definition) is 0. The Hall–Kier alpha value is -1.96. The highest BCUT2D eigenvalue weighted by Gasteiger charge is 2.17. The summed E-state index contributed by atoms with van der Waals surface area (Å²) < 4.78 is 11.6. The van der Waals surface area contributed by atoms with E-state index in [1.807, 2.05) is 0 Å². The Kier molecular flexibility index (Phi) is 8.89. The van der Waals surface area contributed by atoms with Gasteiger partial charge >= 0.3 is 0 Å². The summed E-state index contributed by atoms with van der Waals surface area (Å²) >= 11 is 0. The van der Waals surface area contributed by atoms with E-state index in [4.69, 9.17) is 9.47 Å². The third kappa shape index (κ3) is 6.29. The van der Waals surface area contributed by atoms with Gasteiger partial charge in [-0.1, -0.05) is 77.3 Å². The fraction of sp³-hybridized carbons (Fsp3) is 0.538. The average molecular weight is 383 g/mol. The molecule has 0 aliphatic carbocycles. The Labute approximate surface area is 172 Å². The molecule has 0 saturated carbocycles. The molecule has 2 heteroatoms. The highest BCUT2D eigenvalue weighted by atomic mass is 16.5. The summed E-state index contributed by atoms with van der Waals surface area (Å²) in [5.41, 5.74) is 3.73. The molecule has 0 spiro atoms. The van der Waals surface area contributed by atoms with Crippen molar-refractivity contribution >= 4 is 0 Å². The van der Waals surface area contributed by atoms with Gasteiger partial charge in [-0.3, -0.25) is 0 Å². The molecule has 0 N–H and O–H groups in total. The van der Waals surface area contributed by atoms with Crippen molar-refractivity contribution in [3.05, 3.63) is 59.2 Å². The summed E-state index contributed by atoms with van der Waals surface area (Å²) in [6.45, 7) is 9.21. The zero-order valence-electron chi connectivity index (χ0n) is 18.6. The van der Waals surface area contributed by atoms with E-state index >= 15 is 0 Å². The highest BCUT2D eigenvalue weighted by Crippen LogP contribution is 2.37. The smallest absolute Gasteiger partial charge is 0.126 e. The van der Waals surface area contributed by atoms with Crippen molar-refractivity contribution in [2.75, 3.05) is 14.2 Å². The minimum Gasteiger partial charge on any atom is -0.496 e. The SMILES string of the molecule is COc1cc(C(C)c2ccccc2)cc(OC)c1CCC(C)CCCC(C)C. The minimum atomic E-state index is 0.299. The van der Waals surface area contributed by atoms with E-state index in [1.165, 1.54) is 42.4 Å². The first-order valence-corrected chi connectivity index (χ1v) is 10.8. The van der Waals surface area contributed by atoms with Crippen LogP contribution in [-0.2, 0) is 6.42 Å². The number of ether oxygens (including phenoxy) is 2. The predicted molar refractivity (Wildman–Crippen MR) is 120 cm³/mol. The van der Waals surface area contributed by atoms with Crippen LogP contribution < -0.4 is 9.47 Å². The van der Waals surface area contributed by atoms with Crippen molar-refractivity contribution in [3.63, 3.8) is 0 Å². The third-order valence-electron chi connectivity index (χ3n) is 5.80. The Morgan fingerprint density at radius 3 is 1.89 bits per heavy atom.